The van der Waals surface area contributed by atoms with Crippen LogP contribution in [0, 0.1) is 0 Å². The van der Waals surface area contributed by atoms with Crippen LogP contribution in [-0.2, 0) is 0 Å². The summed E-state index contributed by atoms with van der Waals surface area (Å²) in [5, 5.41) is 2.72. The second-order valence-corrected chi connectivity index (χ2v) is 6.63. The molecular formula is C19H16Si. The summed E-state index contributed by atoms with van der Waals surface area (Å²) >= 11 is 0. The lowest BCUT2D eigenvalue weighted by atomic mass is 10.0. The summed E-state index contributed by atoms with van der Waals surface area (Å²) in [5.74, 6) is 0. The third-order valence-electron chi connectivity index (χ3n) is 4.34. The molecule has 0 heterocycles. The highest BCUT2D eigenvalue weighted by molar-refractivity contribution is 6.24. The van der Waals surface area contributed by atoms with Gasteiger partial charge in [0.2, 0.25) is 0 Å². The highest BCUT2D eigenvalue weighted by Gasteiger charge is 2.23. The molecule has 0 fully saturated rings. The maximum atomic E-state index is 2.41. The van der Waals surface area contributed by atoms with E-state index in [-0.39, 0.29) is 0 Å². The van der Waals surface area contributed by atoms with Crippen LogP contribution < -0.4 is 0 Å². The van der Waals surface area contributed by atoms with Gasteiger partial charge in [-0.3, -0.25) is 0 Å². The normalized spacial score (nSPS) is 17.2. The fourth-order valence-corrected chi connectivity index (χ4v) is 4.27. The van der Waals surface area contributed by atoms with Gasteiger partial charge in [-0.1, -0.05) is 66.7 Å². The van der Waals surface area contributed by atoms with E-state index in [1.807, 2.05) is 0 Å². The molecule has 0 aliphatic heterocycles. The van der Waals surface area contributed by atoms with E-state index in [9.17, 15) is 0 Å². The second kappa shape index (κ2) is 4.46. The summed E-state index contributed by atoms with van der Waals surface area (Å²) < 4.78 is 0. The van der Waals surface area contributed by atoms with Gasteiger partial charge < -0.3 is 0 Å². The lowest BCUT2D eigenvalue weighted by Crippen LogP contribution is -1.97. The van der Waals surface area contributed by atoms with Crippen LogP contribution in [0.2, 0.25) is 0 Å². The summed E-state index contributed by atoms with van der Waals surface area (Å²) in [4.78, 5) is 0. The van der Waals surface area contributed by atoms with Crippen LogP contribution in [0.25, 0.3) is 22.4 Å². The van der Waals surface area contributed by atoms with E-state index in [4.69, 9.17) is 0 Å². The van der Waals surface area contributed by atoms with Crippen LogP contribution in [0.15, 0.2) is 66.7 Å². The first-order valence-corrected chi connectivity index (χ1v) is 8.29. The third kappa shape index (κ3) is 1.67. The SMILES string of the molecule is [SiH3]C1C(c2ccccc2)=Cc2c1ccc1ccccc21. The Morgan fingerprint density at radius 2 is 1.50 bits per heavy atom. The molecule has 0 amide bonds. The van der Waals surface area contributed by atoms with E-state index in [0.717, 1.165) is 10.2 Å². The molecule has 1 aliphatic rings. The van der Waals surface area contributed by atoms with E-state index in [1.54, 1.807) is 0 Å². The Labute approximate surface area is 122 Å². The van der Waals surface area contributed by atoms with Crippen molar-refractivity contribution in [2.75, 3.05) is 0 Å². The van der Waals surface area contributed by atoms with E-state index < -0.39 is 0 Å². The molecule has 0 nitrogen and oxygen atoms in total. The molecule has 3 aromatic rings. The Bertz CT molecular complexity index is 816. The van der Waals surface area contributed by atoms with Gasteiger partial charge >= 0.3 is 0 Å². The molecule has 0 bridgehead atoms. The highest BCUT2D eigenvalue weighted by Crippen LogP contribution is 2.42. The molecule has 1 atom stereocenters. The zero-order valence-electron chi connectivity index (χ0n) is 11.5. The molecular weight excluding hydrogens is 256 g/mol. The predicted octanol–water partition coefficient (Wildman–Crippen LogP) is 3.80. The Kier molecular flexibility index (Phi) is 2.61. The largest absolute Gasteiger partial charge is 0.0622 e. The fraction of sp³-hybridized carbons (Fsp3) is 0.0526. The molecule has 1 aliphatic carbocycles. The van der Waals surface area contributed by atoms with Gasteiger partial charge in [-0.25, -0.2) is 0 Å². The van der Waals surface area contributed by atoms with Gasteiger partial charge in [0, 0.05) is 10.2 Å². The molecule has 4 rings (SSSR count). The van der Waals surface area contributed by atoms with Crippen molar-refractivity contribution in [3.05, 3.63) is 83.4 Å². The molecule has 0 spiro atoms. The summed E-state index contributed by atoms with van der Waals surface area (Å²) in [6.45, 7) is 0. The van der Waals surface area contributed by atoms with Crippen molar-refractivity contribution >= 4 is 32.7 Å². The van der Waals surface area contributed by atoms with Crippen LogP contribution in [0.1, 0.15) is 22.2 Å². The highest BCUT2D eigenvalue weighted by atomic mass is 28.1. The first-order valence-electron chi connectivity index (χ1n) is 7.13. The minimum atomic E-state index is 0.608. The Hall–Kier alpha value is -2.12. The zero-order chi connectivity index (χ0) is 13.5. The number of hydrogen-bond donors (Lipinski definition) is 0. The molecule has 0 saturated heterocycles. The van der Waals surface area contributed by atoms with Crippen LogP contribution >= 0.6 is 0 Å². The lowest BCUT2D eigenvalue weighted by molar-refractivity contribution is 1.27. The number of hydrogen-bond acceptors (Lipinski definition) is 0. The molecule has 0 saturated carbocycles. The minimum Gasteiger partial charge on any atom is -0.0622 e. The second-order valence-electron chi connectivity index (χ2n) is 5.48. The molecule has 1 heteroatoms. The summed E-state index contributed by atoms with van der Waals surface area (Å²) in [6.07, 6.45) is 2.41. The van der Waals surface area contributed by atoms with Gasteiger partial charge in [0.05, 0.1) is 0 Å². The standard InChI is InChI=1S/C19H16Si/c20-19-16-11-10-14-8-4-5-9-15(14)18(16)12-17(19)13-6-2-1-3-7-13/h1-12,19H,20H3. The number of allylic oxidation sites excluding steroid dienone is 1. The van der Waals surface area contributed by atoms with Gasteiger partial charge in [0.25, 0.3) is 0 Å². The van der Waals surface area contributed by atoms with Crippen LogP contribution in [-0.4, -0.2) is 10.2 Å². The molecule has 20 heavy (non-hydrogen) atoms. The molecule has 1 unspecified atom stereocenters. The predicted molar refractivity (Wildman–Crippen MR) is 90.9 cm³/mol. The van der Waals surface area contributed by atoms with Crippen molar-refractivity contribution in [3.8, 4) is 0 Å². The summed E-state index contributed by atoms with van der Waals surface area (Å²) in [5.41, 5.74) is 6.41. The first-order chi connectivity index (χ1) is 9.84. The molecule has 96 valence electrons. The van der Waals surface area contributed by atoms with Crippen molar-refractivity contribution in [1.29, 1.82) is 0 Å². The number of rotatable bonds is 1. The minimum absolute atomic E-state index is 0.608. The smallest absolute Gasteiger partial charge is 0.0179 e. The summed E-state index contributed by atoms with van der Waals surface area (Å²) in [6, 6.07) is 24.1. The number of benzene rings is 3. The van der Waals surface area contributed by atoms with E-state index >= 15 is 0 Å². The maximum absolute atomic E-state index is 2.41. The van der Waals surface area contributed by atoms with E-state index in [2.05, 4.69) is 72.8 Å². The van der Waals surface area contributed by atoms with Crippen molar-refractivity contribution in [2.24, 2.45) is 0 Å². The van der Waals surface area contributed by atoms with Crippen molar-refractivity contribution in [3.63, 3.8) is 0 Å². The Morgan fingerprint density at radius 1 is 0.750 bits per heavy atom. The van der Waals surface area contributed by atoms with Crippen molar-refractivity contribution < 1.29 is 0 Å². The van der Waals surface area contributed by atoms with E-state index in [1.165, 1.54) is 33.0 Å². The molecule has 0 N–H and O–H groups in total. The van der Waals surface area contributed by atoms with Gasteiger partial charge in [-0.2, -0.15) is 0 Å². The first kappa shape index (κ1) is 11.7. The van der Waals surface area contributed by atoms with E-state index in [0.29, 0.717) is 5.54 Å². The van der Waals surface area contributed by atoms with Crippen LogP contribution in [0.4, 0.5) is 0 Å². The van der Waals surface area contributed by atoms with Crippen molar-refractivity contribution in [2.45, 2.75) is 5.54 Å². The summed E-state index contributed by atoms with van der Waals surface area (Å²) in [7, 11) is 1.15. The average Bonchev–Trinajstić information content (AvgIpc) is 2.86. The molecule has 0 radical (unpaired) electrons. The Morgan fingerprint density at radius 3 is 2.35 bits per heavy atom. The third-order valence-corrected chi connectivity index (χ3v) is 5.59. The molecule has 3 aromatic carbocycles. The maximum Gasteiger partial charge on any atom is 0.0179 e. The topological polar surface area (TPSA) is 0 Å². The number of fused-ring (bicyclic) bond motifs is 3. The van der Waals surface area contributed by atoms with Crippen LogP contribution in [0.5, 0.6) is 0 Å². The van der Waals surface area contributed by atoms with Crippen molar-refractivity contribution in [1.82, 2.24) is 0 Å². The Balaban J connectivity index is 1.96. The van der Waals surface area contributed by atoms with Gasteiger partial charge in [-0.15, -0.1) is 0 Å². The zero-order valence-corrected chi connectivity index (χ0v) is 13.5. The van der Waals surface area contributed by atoms with Gasteiger partial charge in [-0.05, 0) is 44.7 Å². The van der Waals surface area contributed by atoms with Crippen LogP contribution in [0.3, 0.4) is 0 Å². The fourth-order valence-electron chi connectivity index (χ4n) is 3.26. The van der Waals surface area contributed by atoms with Gasteiger partial charge in [0.1, 0.15) is 0 Å². The average molecular weight is 272 g/mol. The quantitative estimate of drug-likeness (QED) is 0.591. The lowest BCUT2D eigenvalue weighted by Gasteiger charge is -2.12. The molecule has 0 aromatic heterocycles. The van der Waals surface area contributed by atoms with Gasteiger partial charge in [0.15, 0.2) is 0 Å². The monoisotopic (exact) mass is 272 g/mol.